The van der Waals surface area contributed by atoms with Crippen LogP contribution in [0.5, 0.6) is 0 Å². The van der Waals surface area contributed by atoms with Crippen molar-refractivity contribution in [1.82, 2.24) is 0 Å². The second-order valence-electron chi connectivity index (χ2n) is 5.28. The van der Waals surface area contributed by atoms with Crippen LogP contribution in [-0.4, -0.2) is 0 Å². The summed E-state index contributed by atoms with van der Waals surface area (Å²) in [6.07, 6.45) is -15.2. The monoisotopic (exact) mass is 388 g/mol. The van der Waals surface area contributed by atoms with Crippen LogP contribution in [-0.2, 0) is 18.5 Å². The molecule has 0 unspecified atom stereocenters. The van der Waals surface area contributed by atoms with Crippen molar-refractivity contribution in [2.24, 2.45) is 0 Å². The van der Waals surface area contributed by atoms with E-state index in [1.165, 1.54) is 0 Å². The second-order valence-corrected chi connectivity index (χ2v) is 5.28. The lowest BCUT2D eigenvalue weighted by Gasteiger charge is -2.19. The van der Waals surface area contributed by atoms with E-state index in [0.29, 0.717) is 6.07 Å². The summed E-state index contributed by atoms with van der Waals surface area (Å²) >= 11 is 0. The topological polar surface area (TPSA) is 52.0 Å². The molecular formula is C15H9F9N2. The molecule has 26 heavy (non-hydrogen) atoms. The first kappa shape index (κ1) is 19.7. The fourth-order valence-electron chi connectivity index (χ4n) is 2.30. The van der Waals surface area contributed by atoms with Gasteiger partial charge in [0, 0.05) is 11.4 Å². The van der Waals surface area contributed by atoms with Gasteiger partial charge in [0.15, 0.2) is 0 Å². The third kappa shape index (κ3) is 3.81. The number of hydrogen-bond acceptors (Lipinski definition) is 2. The van der Waals surface area contributed by atoms with Crippen LogP contribution in [0.1, 0.15) is 16.7 Å². The van der Waals surface area contributed by atoms with E-state index in [0.717, 1.165) is 6.07 Å². The maximum atomic E-state index is 13.2. The van der Waals surface area contributed by atoms with E-state index in [2.05, 4.69) is 0 Å². The van der Waals surface area contributed by atoms with E-state index in [-0.39, 0.29) is 18.2 Å². The fourth-order valence-corrected chi connectivity index (χ4v) is 2.30. The van der Waals surface area contributed by atoms with E-state index in [9.17, 15) is 39.5 Å². The molecule has 0 aromatic heterocycles. The van der Waals surface area contributed by atoms with Crippen molar-refractivity contribution in [2.45, 2.75) is 18.5 Å². The molecule has 0 saturated carbocycles. The Morgan fingerprint density at radius 1 is 0.538 bits per heavy atom. The SMILES string of the molecule is Nc1ccc(-c2cc(C(F)(F)F)c(N)cc2C(F)(F)F)cc1C(F)(F)F. The van der Waals surface area contributed by atoms with Crippen molar-refractivity contribution < 1.29 is 39.5 Å². The Labute approximate surface area is 140 Å². The predicted octanol–water partition coefficient (Wildman–Crippen LogP) is 5.57. The number of nitrogens with two attached hydrogens (primary N) is 2. The standard InChI is InChI=1S/C15H9F9N2/c16-13(17,18)8-5-12(26)10(15(22,23)24)4-7(8)6-1-2-11(25)9(3-6)14(19,20)21/h1-5H,25-26H2. The van der Waals surface area contributed by atoms with Crippen LogP contribution in [0, 0.1) is 0 Å². The molecule has 0 aliphatic rings. The van der Waals surface area contributed by atoms with Gasteiger partial charge in [0.1, 0.15) is 0 Å². The first-order valence-electron chi connectivity index (χ1n) is 6.67. The molecule has 0 aliphatic carbocycles. The van der Waals surface area contributed by atoms with E-state index >= 15 is 0 Å². The number of anilines is 2. The van der Waals surface area contributed by atoms with Crippen LogP contribution in [0.4, 0.5) is 50.9 Å². The minimum Gasteiger partial charge on any atom is -0.398 e. The molecular weight excluding hydrogens is 379 g/mol. The van der Waals surface area contributed by atoms with Gasteiger partial charge in [0.25, 0.3) is 0 Å². The zero-order chi connectivity index (χ0) is 20.1. The predicted molar refractivity (Wildman–Crippen MR) is 75.7 cm³/mol. The minimum absolute atomic E-state index is 0.0434. The molecule has 0 aliphatic heterocycles. The fraction of sp³-hybridized carbons (Fsp3) is 0.200. The van der Waals surface area contributed by atoms with Crippen molar-refractivity contribution in [2.75, 3.05) is 11.5 Å². The largest absolute Gasteiger partial charge is 0.418 e. The molecule has 0 heterocycles. The van der Waals surface area contributed by atoms with Gasteiger partial charge < -0.3 is 11.5 Å². The highest BCUT2D eigenvalue weighted by molar-refractivity contribution is 5.75. The lowest BCUT2D eigenvalue weighted by molar-refractivity contribution is -0.140. The van der Waals surface area contributed by atoms with Gasteiger partial charge >= 0.3 is 18.5 Å². The summed E-state index contributed by atoms with van der Waals surface area (Å²) in [5, 5.41) is 0. The Morgan fingerprint density at radius 3 is 1.46 bits per heavy atom. The van der Waals surface area contributed by atoms with Crippen molar-refractivity contribution >= 4 is 11.4 Å². The summed E-state index contributed by atoms with van der Waals surface area (Å²) in [6, 6.07) is 1.81. The summed E-state index contributed by atoms with van der Waals surface area (Å²) in [6.45, 7) is 0. The Balaban J connectivity index is 2.84. The lowest BCUT2D eigenvalue weighted by atomic mass is 9.93. The Kier molecular flexibility index (Phi) is 4.55. The summed E-state index contributed by atoms with van der Waals surface area (Å²) in [5.74, 6) is 0. The first-order chi connectivity index (χ1) is 11.6. The number of nitrogen functional groups attached to an aromatic ring is 2. The van der Waals surface area contributed by atoms with Gasteiger partial charge in [-0.15, -0.1) is 0 Å². The van der Waals surface area contributed by atoms with E-state index in [4.69, 9.17) is 11.5 Å². The number of hydrogen-bond donors (Lipinski definition) is 2. The molecule has 2 rings (SSSR count). The minimum atomic E-state index is -5.15. The molecule has 0 bridgehead atoms. The van der Waals surface area contributed by atoms with Crippen molar-refractivity contribution in [3.63, 3.8) is 0 Å². The highest BCUT2D eigenvalue weighted by Gasteiger charge is 2.40. The summed E-state index contributed by atoms with van der Waals surface area (Å²) in [7, 11) is 0. The maximum Gasteiger partial charge on any atom is 0.418 e. The third-order valence-corrected chi connectivity index (χ3v) is 3.47. The molecule has 0 radical (unpaired) electrons. The van der Waals surface area contributed by atoms with E-state index < -0.39 is 57.7 Å². The van der Waals surface area contributed by atoms with Crippen LogP contribution < -0.4 is 11.5 Å². The normalized spacial score (nSPS) is 13.1. The molecule has 0 spiro atoms. The number of alkyl halides is 9. The summed E-state index contributed by atoms with van der Waals surface area (Å²) < 4.78 is 117. The van der Waals surface area contributed by atoms with Crippen LogP contribution in [0.15, 0.2) is 30.3 Å². The van der Waals surface area contributed by atoms with Crippen LogP contribution in [0.3, 0.4) is 0 Å². The van der Waals surface area contributed by atoms with Gasteiger partial charge in [-0.05, 0) is 35.4 Å². The molecule has 2 aromatic carbocycles. The van der Waals surface area contributed by atoms with Gasteiger partial charge in [-0.1, -0.05) is 6.07 Å². The average Bonchev–Trinajstić information content (AvgIpc) is 2.44. The molecule has 11 heteroatoms. The molecule has 0 amide bonds. The van der Waals surface area contributed by atoms with E-state index in [1.807, 2.05) is 0 Å². The highest BCUT2D eigenvalue weighted by Crippen LogP contribution is 2.45. The number of benzene rings is 2. The van der Waals surface area contributed by atoms with Gasteiger partial charge in [0.05, 0.1) is 16.7 Å². The Hall–Kier alpha value is -2.59. The van der Waals surface area contributed by atoms with Gasteiger partial charge in [0.2, 0.25) is 0 Å². The maximum absolute atomic E-state index is 13.2. The van der Waals surface area contributed by atoms with Gasteiger partial charge in [-0.2, -0.15) is 39.5 Å². The van der Waals surface area contributed by atoms with Crippen LogP contribution in [0.2, 0.25) is 0 Å². The second kappa shape index (κ2) is 5.99. The molecule has 4 N–H and O–H groups in total. The lowest BCUT2D eigenvalue weighted by Crippen LogP contribution is -2.14. The number of rotatable bonds is 1. The Bertz CT molecular complexity index is 833. The molecule has 0 fully saturated rings. The Morgan fingerprint density at radius 2 is 1.00 bits per heavy atom. The molecule has 142 valence electrons. The van der Waals surface area contributed by atoms with Crippen molar-refractivity contribution in [1.29, 1.82) is 0 Å². The van der Waals surface area contributed by atoms with Crippen molar-refractivity contribution in [3.05, 3.63) is 47.0 Å². The average molecular weight is 388 g/mol. The summed E-state index contributed by atoms with van der Waals surface area (Å²) in [4.78, 5) is 0. The zero-order valence-electron chi connectivity index (χ0n) is 12.4. The van der Waals surface area contributed by atoms with Crippen molar-refractivity contribution in [3.8, 4) is 11.1 Å². The molecule has 0 atom stereocenters. The quantitative estimate of drug-likeness (QED) is 0.495. The number of halogens is 9. The third-order valence-electron chi connectivity index (χ3n) is 3.47. The van der Waals surface area contributed by atoms with Crippen LogP contribution >= 0.6 is 0 Å². The smallest absolute Gasteiger partial charge is 0.398 e. The van der Waals surface area contributed by atoms with E-state index in [1.54, 1.807) is 0 Å². The van der Waals surface area contributed by atoms with Crippen LogP contribution in [0.25, 0.3) is 11.1 Å². The first-order valence-corrected chi connectivity index (χ1v) is 6.67. The van der Waals surface area contributed by atoms with Gasteiger partial charge in [-0.3, -0.25) is 0 Å². The zero-order valence-corrected chi connectivity index (χ0v) is 12.4. The molecule has 0 saturated heterocycles. The molecule has 2 nitrogen and oxygen atoms in total. The summed E-state index contributed by atoms with van der Waals surface area (Å²) in [5.41, 5.74) is 1.76. The molecule has 2 aromatic rings. The highest BCUT2D eigenvalue weighted by atomic mass is 19.4. The van der Waals surface area contributed by atoms with Gasteiger partial charge in [-0.25, -0.2) is 0 Å².